The highest BCUT2D eigenvalue weighted by Gasteiger charge is 2.18. The van der Waals surface area contributed by atoms with Gasteiger partial charge in [-0.2, -0.15) is 0 Å². The van der Waals surface area contributed by atoms with E-state index in [1.54, 1.807) is 0 Å². The van der Waals surface area contributed by atoms with Crippen molar-refractivity contribution in [2.24, 2.45) is 0 Å². The molecule has 15 heavy (non-hydrogen) atoms. The van der Waals surface area contributed by atoms with Crippen molar-refractivity contribution >= 4 is 21.7 Å². The SMILES string of the molecule is CC(CBr)c1cccnc1N1CCCC1. The number of rotatable bonds is 3. The zero-order chi connectivity index (χ0) is 10.7. The van der Waals surface area contributed by atoms with Crippen LogP contribution in [-0.2, 0) is 0 Å². The first-order valence-electron chi connectivity index (χ1n) is 5.58. The molecule has 0 amide bonds. The maximum absolute atomic E-state index is 4.53. The number of pyridine rings is 1. The second kappa shape index (κ2) is 4.97. The Hall–Kier alpha value is -0.570. The molecule has 1 fully saturated rings. The third-order valence-corrected chi connectivity index (χ3v) is 3.96. The van der Waals surface area contributed by atoms with Gasteiger partial charge in [-0.05, 0) is 30.4 Å². The largest absolute Gasteiger partial charge is 0.356 e. The quantitative estimate of drug-likeness (QED) is 0.783. The predicted octanol–water partition coefficient (Wildman–Crippen LogP) is 3.18. The van der Waals surface area contributed by atoms with Crippen molar-refractivity contribution in [3.63, 3.8) is 0 Å². The normalized spacial score (nSPS) is 18.1. The Balaban J connectivity index is 2.28. The van der Waals surface area contributed by atoms with Crippen molar-refractivity contribution in [2.45, 2.75) is 25.7 Å². The lowest BCUT2D eigenvalue weighted by molar-refractivity contribution is 0.843. The minimum atomic E-state index is 0.536. The highest BCUT2D eigenvalue weighted by molar-refractivity contribution is 9.09. The van der Waals surface area contributed by atoms with Crippen LogP contribution in [0.3, 0.4) is 0 Å². The molecular weight excluding hydrogens is 252 g/mol. The van der Waals surface area contributed by atoms with Crippen molar-refractivity contribution < 1.29 is 0 Å². The molecule has 1 aromatic heterocycles. The van der Waals surface area contributed by atoms with Gasteiger partial charge in [0, 0.05) is 24.6 Å². The second-order valence-corrected chi connectivity index (χ2v) is 4.81. The molecule has 1 aromatic rings. The summed E-state index contributed by atoms with van der Waals surface area (Å²) in [5, 5.41) is 1.000. The first-order chi connectivity index (χ1) is 7.33. The van der Waals surface area contributed by atoms with Crippen LogP contribution in [0.5, 0.6) is 0 Å². The Morgan fingerprint density at radius 3 is 2.87 bits per heavy atom. The number of aromatic nitrogens is 1. The molecule has 1 atom stereocenters. The molecule has 0 aromatic carbocycles. The number of nitrogens with zero attached hydrogens (tertiary/aromatic N) is 2. The van der Waals surface area contributed by atoms with Gasteiger partial charge in [0.2, 0.25) is 0 Å². The summed E-state index contributed by atoms with van der Waals surface area (Å²) in [4.78, 5) is 6.95. The van der Waals surface area contributed by atoms with Crippen molar-refractivity contribution in [1.82, 2.24) is 4.98 Å². The number of halogens is 1. The molecule has 3 heteroatoms. The third-order valence-electron chi connectivity index (χ3n) is 2.98. The second-order valence-electron chi connectivity index (χ2n) is 4.17. The van der Waals surface area contributed by atoms with Gasteiger partial charge in [0.15, 0.2) is 0 Å². The molecule has 0 saturated carbocycles. The molecule has 0 aliphatic carbocycles. The summed E-state index contributed by atoms with van der Waals surface area (Å²) in [6.45, 7) is 4.57. The monoisotopic (exact) mass is 268 g/mol. The van der Waals surface area contributed by atoms with Crippen molar-refractivity contribution in [1.29, 1.82) is 0 Å². The van der Waals surface area contributed by atoms with Gasteiger partial charge in [-0.15, -0.1) is 0 Å². The van der Waals surface area contributed by atoms with E-state index in [1.165, 1.54) is 37.3 Å². The smallest absolute Gasteiger partial charge is 0.132 e. The Morgan fingerprint density at radius 2 is 2.20 bits per heavy atom. The van der Waals surface area contributed by atoms with Crippen LogP contribution in [-0.4, -0.2) is 23.4 Å². The third kappa shape index (κ3) is 2.33. The fourth-order valence-electron chi connectivity index (χ4n) is 2.07. The van der Waals surface area contributed by atoms with Crippen LogP contribution < -0.4 is 4.90 Å². The fourth-order valence-corrected chi connectivity index (χ4v) is 2.42. The van der Waals surface area contributed by atoms with E-state index in [-0.39, 0.29) is 0 Å². The van der Waals surface area contributed by atoms with Crippen LogP contribution in [0.2, 0.25) is 0 Å². The summed E-state index contributed by atoms with van der Waals surface area (Å²) in [5.74, 6) is 1.73. The van der Waals surface area contributed by atoms with E-state index in [0.717, 1.165) is 5.33 Å². The fraction of sp³-hybridized carbons (Fsp3) is 0.583. The number of anilines is 1. The Labute approximate surface area is 99.8 Å². The van der Waals surface area contributed by atoms with Crippen LogP contribution in [0.1, 0.15) is 31.2 Å². The summed E-state index contributed by atoms with van der Waals surface area (Å²) < 4.78 is 0. The number of alkyl halides is 1. The topological polar surface area (TPSA) is 16.1 Å². The number of hydrogen-bond donors (Lipinski definition) is 0. The van der Waals surface area contributed by atoms with Gasteiger partial charge in [-0.1, -0.05) is 28.9 Å². The molecular formula is C12H17BrN2. The van der Waals surface area contributed by atoms with Crippen LogP contribution in [0.15, 0.2) is 18.3 Å². The van der Waals surface area contributed by atoms with E-state index in [9.17, 15) is 0 Å². The standard InChI is InChI=1S/C12H17BrN2/c1-10(9-13)11-5-4-6-14-12(11)15-7-2-3-8-15/h4-6,10H,2-3,7-9H2,1H3. The van der Waals surface area contributed by atoms with Crippen molar-refractivity contribution in [3.8, 4) is 0 Å². The van der Waals surface area contributed by atoms with Crippen LogP contribution in [0.25, 0.3) is 0 Å². The lowest BCUT2D eigenvalue weighted by Gasteiger charge is -2.22. The highest BCUT2D eigenvalue weighted by Crippen LogP contribution is 2.28. The number of hydrogen-bond acceptors (Lipinski definition) is 2. The first-order valence-corrected chi connectivity index (χ1v) is 6.71. The van der Waals surface area contributed by atoms with Crippen molar-refractivity contribution in [3.05, 3.63) is 23.9 Å². The molecule has 0 N–H and O–H groups in total. The lowest BCUT2D eigenvalue weighted by Crippen LogP contribution is -2.21. The van der Waals surface area contributed by atoms with E-state index >= 15 is 0 Å². The van der Waals surface area contributed by atoms with Gasteiger partial charge in [0.25, 0.3) is 0 Å². The molecule has 2 nitrogen and oxygen atoms in total. The molecule has 1 saturated heterocycles. The van der Waals surface area contributed by atoms with Gasteiger partial charge in [-0.3, -0.25) is 0 Å². The molecule has 0 bridgehead atoms. The van der Waals surface area contributed by atoms with Gasteiger partial charge >= 0.3 is 0 Å². The zero-order valence-electron chi connectivity index (χ0n) is 9.12. The van der Waals surface area contributed by atoms with E-state index in [0.29, 0.717) is 5.92 Å². The van der Waals surface area contributed by atoms with Gasteiger partial charge in [0.05, 0.1) is 0 Å². The van der Waals surface area contributed by atoms with Crippen molar-refractivity contribution in [2.75, 3.05) is 23.3 Å². The summed E-state index contributed by atoms with van der Waals surface area (Å²) in [7, 11) is 0. The molecule has 2 rings (SSSR count). The Morgan fingerprint density at radius 1 is 1.47 bits per heavy atom. The van der Waals surface area contributed by atoms with Gasteiger partial charge < -0.3 is 4.90 Å². The summed E-state index contributed by atoms with van der Waals surface area (Å²) in [6.07, 6.45) is 4.51. The van der Waals surface area contributed by atoms with Gasteiger partial charge in [0.1, 0.15) is 5.82 Å². The molecule has 0 spiro atoms. The van der Waals surface area contributed by atoms with Gasteiger partial charge in [-0.25, -0.2) is 4.98 Å². The van der Waals surface area contributed by atoms with E-state index in [4.69, 9.17) is 0 Å². The minimum Gasteiger partial charge on any atom is -0.356 e. The maximum atomic E-state index is 4.53. The van der Waals surface area contributed by atoms with Crippen LogP contribution >= 0.6 is 15.9 Å². The average molecular weight is 269 g/mol. The van der Waals surface area contributed by atoms with E-state index < -0.39 is 0 Å². The highest BCUT2D eigenvalue weighted by atomic mass is 79.9. The Bertz CT molecular complexity index is 321. The van der Waals surface area contributed by atoms with E-state index in [2.05, 4.69) is 38.8 Å². The summed E-state index contributed by atoms with van der Waals surface area (Å²) >= 11 is 3.55. The first kappa shape index (κ1) is 10.9. The minimum absolute atomic E-state index is 0.536. The average Bonchev–Trinajstić information content (AvgIpc) is 2.81. The van der Waals surface area contributed by atoms with Crippen LogP contribution in [0, 0.1) is 0 Å². The lowest BCUT2D eigenvalue weighted by atomic mass is 10.0. The molecule has 2 heterocycles. The molecule has 1 unspecified atom stereocenters. The molecule has 82 valence electrons. The predicted molar refractivity (Wildman–Crippen MR) is 67.9 cm³/mol. The van der Waals surface area contributed by atoms with Crippen LogP contribution in [0.4, 0.5) is 5.82 Å². The maximum Gasteiger partial charge on any atom is 0.132 e. The van der Waals surface area contributed by atoms with E-state index in [1.807, 2.05) is 12.3 Å². The molecule has 1 aliphatic rings. The molecule has 0 radical (unpaired) electrons. The molecule has 1 aliphatic heterocycles. The Kier molecular flexibility index (Phi) is 3.62. The summed E-state index contributed by atoms with van der Waals surface area (Å²) in [5.41, 5.74) is 1.37. The zero-order valence-corrected chi connectivity index (χ0v) is 10.7. The summed E-state index contributed by atoms with van der Waals surface area (Å²) in [6, 6.07) is 4.24.